The Labute approximate surface area is 275 Å². The molecule has 0 atom stereocenters. The minimum atomic E-state index is 0.635. The van der Waals surface area contributed by atoms with Crippen LogP contribution in [0.15, 0.2) is 130 Å². The molecule has 6 aromatic carbocycles. The Hall–Kier alpha value is -6.31. The molecule has 4 heteroatoms. The van der Waals surface area contributed by atoms with Gasteiger partial charge in [0.2, 0.25) is 0 Å². The number of para-hydroxylation sites is 2. The largest absolute Gasteiger partial charge is 0.454 e. The fourth-order valence-electron chi connectivity index (χ4n) is 7.90. The second-order valence-corrected chi connectivity index (χ2v) is 12.6. The number of hydrogen-bond donors (Lipinski definition) is 0. The zero-order chi connectivity index (χ0) is 32.1. The predicted molar refractivity (Wildman–Crippen MR) is 199 cm³/mol. The molecule has 0 saturated carbocycles. The number of allylic oxidation sites excluding steroid dienone is 4. The molecule has 48 heavy (non-hydrogen) atoms. The first-order valence-corrected chi connectivity index (χ1v) is 16.4. The van der Waals surface area contributed by atoms with E-state index >= 15 is 0 Å². The summed E-state index contributed by atoms with van der Waals surface area (Å²) in [5.41, 5.74) is 11.6. The molecule has 10 aromatic rings. The first-order valence-electron chi connectivity index (χ1n) is 16.4. The van der Waals surface area contributed by atoms with E-state index in [9.17, 15) is 5.26 Å². The molecule has 4 heterocycles. The summed E-state index contributed by atoms with van der Waals surface area (Å²) in [6.07, 6.45) is 7.45. The van der Waals surface area contributed by atoms with Crippen molar-refractivity contribution >= 4 is 87.5 Å². The van der Waals surface area contributed by atoms with Gasteiger partial charge in [-0.2, -0.15) is 5.26 Å². The molecular weight excluding hydrogens is 588 g/mol. The van der Waals surface area contributed by atoms with E-state index in [0.29, 0.717) is 5.56 Å². The third-order valence-electron chi connectivity index (χ3n) is 10.0. The van der Waals surface area contributed by atoms with E-state index in [1.165, 1.54) is 0 Å². The Morgan fingerprint density at radius 3 is 1.81 bits per heavy atom. The van der Waals surface area contributed by atoms with Crippen LogP contribution in [0.2, 0.25) is 0 Å². The van der Waals surface area contributed by atoms with Crippen LogP contribution in [0.1, 0.15) is 31.4 Å². The van der Waals surface area contributed by atoms with Crippen LogP contribution in [-0.2, 0) is 0 Å². The van der Waals surface area contributed by atoms with Crippen molar-refractivity contribution in [3.63, 3.8) is 0 Å². The molecule has 4 aromatic heterocycles. The molecule has 0 aliphatic carbocycles. The van der Waals surface area contributed by atoms with E-state index in [1.807, 2.05) is 36.4 Å². The highest BCUT2D eigenvalue weighted by Crippen LogP contribution is 2.48. The average Bonchev–Trinajstić information content (AvgIpc) is 3.88. The average molecular weight is 617 g/mol. The maximum Gasteiger partial charge on any atom is 0.160 e. The Kier molecular flexibility index (Phi) is 5.51. The van der Waals surface area contributed by atoms with Crippen LogP contribution in [0.3, 0.4) is 0 Å². The predicted octanol–water partition coefficient (Wildman–Crippen LogP) is 12.5. The summed E-state index contributed by atoms with van der Waals surface area (Å²) >= 11 is 0. The molecule has 0 spiro atoms. The van der Waals surface area contributed by atoms with Gasteiger partial charge in [0.15, 0.2) is 11.2 Å². The van der Waals surface area contributed by atoms with Crippen LogP contribution < -0.4 is 0 Å². The van der Waals surface area contributed by atoms with Gasteiger partial charge in [0.25, 0.3) is 0 Å². The molecule has 0 aliphatic heterocycles. The third kappa shape index (κ3) is 3.48. The van der Waals surface area contributed by atoms with Crippen LogP contribution >= 0.6 is 0 Å². The van der Waals surface area contributed by atoms with Crippen LogP contribution in [0, 0.1) is 11.3 Å². The molecule has 226 valence electrons. The van der Waals surface area contributed by atoms with Gasteiger partial charge in [-0.1, -0.05) is 79.7 Å². The topological polar surface area (TPSA) is 54.5 Å². The minimum Gasteiger partial charge on any atom is -0.454 e. The third-order valence-corrected chi connectivity index (χ3v) is 10.0. The molecule has 0 amide bonds. The highest BCUT2D eigenvalue weighted by molar-refractivity contribution is 6.32. The van der Waals surface area contributed by atoms with E-state index in [4.69, 9.17) is 8.83 Å². The van der Waals surface area contributed by atoms with E-state index in [1.54, 1.807) is 0 Å². The van der Waals surface area contributed by atoms with Crippen LogP contribution in [0.25, 0.3) is 98.7 Å². The first kappa shape index (κ1) is 26.9. The fraction of sp³-hybridized carbons (Fsp3) is 0.0682. The van der Waals surface area contributed by atoms with Crippen molar-refractivity contribution in [3.05, 3.63) is 132 Å². The molecule has 0 N–H and O–H groups in total. The summed E-state index contributed by atoms with van der Waals surface area (Å²) in [4.78, 5) is 0. The molecule has 4 nitrogen and oxygen atoms in total. The number of benzene rings is 6. The number of rotatable bonds is 4. The number of nitrogens with zero attached hydrogens (tertiary/aromatic N) is 2. The lowest BCUT2D eigenvalue weighted by molar-refractivity contribution is 0.670. The lowest BCUT2D eigenvalue weighted by Gasteiger charge is -2.13. The van der Waals surface area contributed by atoms with Crippen molar-refractivity contribution in [2.75, 3.05) is 0 Å². The van der Waals surface area contributed by atoms with Crippen LogP contribution in [0.5, 0.6) is 0 Å². The Balaban J connectivity index is 1.42. The molecule has 10 rings (SSSR count). The normalized spacial score (nSPS) is 12.9. The van der Waals surface area contributed by atoms with Crippen molar-refractivity contribution < 1.29 is 8.83 Å². The van der Waals surface area contributed by atoms with E-state index in [0.717, 1.165) is 111 Å². The molecule has 0 fully saturated rings. The highest BCUT2D eigenvalue weighted by atomic mass is 16.3. The molecule has 0 aliphatic rings. The zero-order valence-corrected chi connectivity index (χ0v) is 26.5. The molecule has 0 bridgehead atoms. The minimum absolute atomic E-state index is 0.635. The van der Waals surface area contributed by atoms with Gasteiger partial charge in [0.1, 0.15) is 11.2 Å². The van der Waals surface area contributed by atoms with Gasteiger partial charge < -0.3 is 13.2 Å². The summed E-state index contributed by atoms with van der Waals surface area (Å²) in [6.45, 7) is 4.21. The monoisotopic (exact) mass is 616 g/mol. The summed E-state index contributed by atoms with van der Waals surface area (Å²) < 4.78 is 15.8. The van der Waals surface area contributed by atoms with Gasteiger partial charge in [-0.25, -0.2) is 0 Å². The number of furan rings is 2. The van der Waals surface area contributed by atoms with E-state index < -0.39 is 0 Å². The highest BCUT2D eigenvalue weighted by Gasteiger charge is 2.25. The SMILES string of the molecule is C/C=C(\C=C/CC)c1ccc(C#N)cc1-c1cc2c3ccc4c5ccccc5oc4c3n3c2c(c1)c1ccc2c4ccccc4oc2c13. The standard InChI is InChI=1S/C44H28N2O2/c1-3-5-10-26(4-2)28-16-15-25(24-45)21-35(28)27-22-36-31-17-19-33-29-11-6-8-13-38(29)47-43(33)41(31)46-40(36)37(23-27)32-18-20-34-30-12-7-9-14-39(30)48-44(34)42(32)46/h4-23H,3H2,1-2H3/b10-5-,26-4+. The number of nitriles is 1. The maximum atomic E-state index is 9.97. The van der Waals surface area contributed by atoms with Gasteiger partial charge in [-0.15, -0.1) is 0 Å². The fourth-order valence-corrected chi connectivity index (χ4v) is 7.90. The lowest BCUT2D eigenvalue weighted by Crippen LogP contribution is -1.91. The van der Waals surface area contributed by atoms with E-state index in [2.05, 4.69) is 109 Å². The number of aromatic nitrogens is 1. The zero-order valence-electron chi connectivity index (χ0n) is 26.5. The maximum absolute atomic E-state index is 9.97. The quantitative estimate of drug-likeness (QED) is 0.185. The number of fused-ring (bicyclic) bond motifs is 14. The van der Waals surface area contributed by atoms with Crippen molar-refractivity contribution in [2.24, 2.45) is 0 Å². The van der Waals surface area contributed by atoms with Gasteiger partial charge >= 0.3 is 0 Å². The van der Waals surface area contributed by atoms with Crippen LogP contribution in [-0.4, -0.2) is 4.40 Å². The van der Waals surface area contributed by atoms with Crippen LogP contribution in [0.4, 0.5) is 0 Å². The van der Waals surface area contributed by atoms with Gasteiger partial charge in [-0.05, 0) is 84.1 Å². The Morgan fingerprint density at radius 2 is 1.25 bits per heavy atom. The van der Waals surface area contributed by atoms with Gasteiger partial charge in [0, 0.05) is 43.1 Å². The Morgan fingerprint density at radius 1 is 0.667 bits per heavy atom. The van der Waals surface area contributed by atoms with E-state index in [-0.39, 0.29) is 0 Å². The van der Waals surface area contributed by atoms with Gasteiger partial charge in [-0.3, -0.25) is 0 Å². The molecule has 0 unspecified atom stereocenters. The smallest absolute Gasteiger partial charge is 0.160 e. The van der Waals surface area contributed by atoms with Crippen molar-refractivity contribution in [1.29, 1.82) is 5.26 Å². The molecular formula is C44H28N2O2. The molecule has 0 radical (unpaired) electrons. The molecule has 0 saturated heterocycles. The lowest BCUT2D eigenvalue weighted by atomic mass is 9.90. The summed E-state index contributed by atoms with van der Waals surface area (Å²) in [5.74, 6) is 0. The summed E-state index contributed by atoms with van der Waals surface area (Å²) in [5, 5.41) is 18.9. The summed E-state index contributed by atoms with van der Waals surface area (Å²) in [6, 6.07) is 38.4. The van der Waals surface area contributed by atoms with Crippen molar-refractivity contribution in [3.8, 4) is 17.2 Å². The summed E-state index contributed by atoms with van der Waals surface area (Å²) in [7, 11) is 0. The van der Waals surface area contributed by atoms with Crippen molar-refractivity contribution in [1.82, 2.24) is 4.40 Å². The first-order chi connectivity index (χ1) is 23.7. The second kappa shape index (κ2) is 9.84. The van der Waals surface area contributed by atoms with Gasteiger partial charge in [0.05, 0.1) is 28.2 Å². The van der Waals surface area contributed by atoms with Crippen molar-refractivity contribution in [2.45, 2.75) is 20.3 Å². The number of hydrogen-bond acceptors (Lipinski definition) is 3. The Bertz CT molecular complexity index is 2910. The second-order valence-electron chi connectivity index (χ2n) is 12.6.